The van der Waals surface area contributed by atoms with Gasteiger partial charge in [0.2, 0.25) is 0 Å². The minimum absolute atomic E-state index is 0.0124. The SMILES string of the molecule is N#Cc1cc2c(nc1NCc1ccc(OC(F)F)cn1)CCCC2. The number of nitrogens with one attached hydrogen (secondary N) is 1. The summed E-state index contributed by atoms with van der Waals surface area (Å²) in [5.41, 5.74) is 3.33. The fraction of sp³-hybridized carbons (Fsp3) is 0.353. The Hall–Kier alpha value is -2.75. The minimum atomic E-state index is -2.87. The molecule has 0 atom stereocenters. The number of hydrogen-bond acceptors (Lipinski definition) is 5. The molecule has 1 aliphatic carbocycles. The Balaban J connectivity index is 1.71. The van der Waals surface area contributed by atoms with E-state index in [1.54, 1.807) is 6.07 Å². The number of aryl methyl sites for hydroxylation is 2. The van der Waals surface area contributed by atoms with Crippen LogP contribution in [0.3, 0.4) is 0 Å². The van der Waals surface area contributed by atoms with Crippen molar-refractivity contribution in [2.24, 2.45) is 0 Å². The Kier molecular flexibility index (Phi) is 4.85. The third-order valence-electron chi connectivity index (χ3n) is 3.88. The van der Waals surface area contributed by atoms with Gasteiger partial charge >= 0.3 is 6.61 Å². The van der Waals surface area contributed by atoms with Gasteiger partial charge in [0.05, 0.1) is 24.0 Å². The van der Waals surface area contributed by atoms with Crippen molar-refractivity contribution >= 4 is 5.82 Å². The van der Waals surface area contributed by atoms with Crippen LogP contribution in [0.4, 0.5) is 14.6 Å². The van der Waals surface area contributed by atoms with Crippen LogP contribution in [0, 0.1) is 11.3 Å². The smallest absolute Gasteiger partial charge is 0.387 e. The molecule has 0 aromatic carbocycles. The largest absolute Gasteiger partial charge is 0.433 e. The van der Waals surface area contributed by atoms with Gasteiger partial charge in [-0.15, -0.1) is 0 Å². The zero-order valence-corrected chi connectivity index (χ0v) is 12.9. The summed E-state index contributed by atoms with van der Waals surface area (Å²) in [5.74, 6) is 0.547. The molecule has 1 N–H and O–H groups in total. The summed E-state index contributed by atoms with van der Waals surface area (Å²) in [4.78, 5) is 8.63. The highest BCUT2D eigenvalue weighted by atomic mass is 19.3. The van der Waals surface area contributed by atoms with Gasteiger partial charge in [-0.3, -0.25) is 4.98 Å². The molecule has 2 heterocycles. The van der Waals surface area contributed by atoms with Crippen LogP contribution in [0.1, 0.15) is 35.4 Å². The van der Waals surface area contributed by atoms with E-state index in [4.69, 9.17) is 0 Å². The third kappa shape index (κ3) is 3.77. The van der Waals surface area contributed by atoms with Crippen LogP contribution in [-0.4, -0.2) is 16.6 Å². The molecule has 0 bridgehead atoms. The van der Waals surface area contributed by atoms with Crippen molar-refractivity contribution in [2.45, 2.75) is 38.8 Å². The number of halogens is 2. The average Bonchev–Trinajstić information content (AvgIpc) is 2.59. The molecule has 1 aliphatic rings. The number of hydrogen-bond donors (Lipinski definition) is 1. The van der Waals surface area contributed by atoms with E-state index in [1.165, 1.54) is 12.3 Å². The van der Waals surface area contributed by atoms with Crippen molar-refractivity contribution in [3.05, 3.63) is 46.9 Å². The van der Waals surface area contributed by atoms with E-state index in [2.05, 4.69) is 26.1 Å². The van der Waals surface area contributed by atoms with E-state index in [1.807, 2.05) is 6.07 Å². The van der Waals surface area contributed by atoms with Gasteiger partial charge in [0.15, 0.2) is 0 Å². The molecule has 24 heavy (non-hydrogen) atoms. The van der Waals surface area contributed by atoms with Crippen LogP contribution >= 0.6 is 0 Å². The number of ether oxygens (including phenoxy) is 1. The number of nitrogens with zero attached hydrogens (tertiary/aromatic N) is 3. The van der Waals surface area contributed by atoms with Crippen molar-refractivity contribution in [2.75, 3.05) is 5.32 Å². The Bertz CT molecular complexity index is 756. The summed E-state index contributed by atoms with van der Waals surface area (Å²) in [6.07, 6.45) is 5.37. The fourth-order valence-electron chi connectivity index (χ4n) is 2.72. The molecule has 0 amide bonds. The molecule has 5 nitrogen and oxygen atoms in total. The first-order chi connectivity index (χ1) is 11.7. The van der Waals surface area contributed by atoms with Crippen LogP contribution in [0.5, 0.6) is 5.75 Å². The Morgan fingerprint density at radius 2 is 2.12 bits per heavy atom. The maximum atomic E-state index is 12.1. The highest BCUT2D eigenvalue weighted by Gasteiger charge is 2.15. The summed E-state index contributed by atoms with van der Waals surface area (Å²) in [6, 6.07) is 7.09. The maximum absolute atomic E-state index is 12.1. The van der Waals surface area contributed by atoms with Crippen LogP contribution in [-0.2, 0) is 19.4 Å². The summed E-state index contributed by atoms with van der Waals surface area (Å²) < 4.78 is 28.5. The molecule has 0 spiro atoms. The van der Waals surface area contributed by atoms with E-state index in [0.29, 0.717) is 23.6 Å². The molecule has 0 fully saturated rings. The number of fused-ring (bicyclic) bond motifs is 1. The molecule has 0 aliphatic heterocycles. The van der Waals surface area contributed by atoms with Crippen molar-refractivity contribution in [3.8, 4) is 11.8 Å². The van der Waals surface area contributed by atoms with E-state index in [9.17, 15) is 14.0 Å². The van der Waals surface area contributed by atoms with Gasteiger partial charge in [-0.05, 0) is 49.4 Å². The first-order valence-electron chi connectivity index (χ1n) is 7.72. The monoisotopic (exact) mass is 330 g/mol. The number of rotatable bonds is 5. The minimum Gasteiger partial charge on any atom is -0.433 e. The van der Waals surface area contributed by atoms with Gasteiger partial charge in [0.25, 0.3) is 0 Å². The number of alkyl halides is 2. The maximum Gasteiger partial charge on any atom is 0.387 e. The van der Waals surface area contributed by atoms with Crippen LogP contribution in [0.2, 0.25) is 0 Å². The van der Waals surface area contributed by atoms with Crippen LogP contribution < -0.4 is 10.1 Å². The lowest BCUT2D eigenvalue weighted by Gasteiger charge is -2.17. The molecule has 2 aromatic heterocycles. The molecule has 0 unspecified atom stereocenters. The quantitative estimate of drug-likeness (QED) is 0.909. The topological polar surface area (TPSA) is 70.8 Å². The van der Waals surface area contributed by atoms with Crippen molar-refractivity contribution < 1.29 is 13.5 Å². The van der Waals surface area contributed by atoms with Crippen LogP contribution in [0.25, 0.3) is 0 Å². The Morgan fingerprint density at radius 1 is 1.29 bits per heavy atom. The first-order valence-corrected chi connectivity index (χ1v) is 7.72. The van der Waals surface area contributed by atoms with Gasteiger partial charge in [0.1, 0.15) is 17.6 Å². The lowest BCUT2D eigenvalue weighted by molar-refractivity contribution is -0.0500. The van der Waals surface area contributed by atoms with Gasteiger partial charge in [-0.2, -0.15) is 14.0 Å². The second kappa shape index (κ2) is 7.21. The van der Waals surface area contributed by atoms with Gasteiger partial charge in [-0.25, -0.2) is 4.98 Å². The zero-order chi connectivity index (χ0) is 16.9. The molecule has 0 saturated heterocycles. The second-order valence-electron chi connectivity index (χ2n) is 5.53. The van der Waals surface area contributed by atoms with Gasteiger partial charge < -0.3 is 10.1 Å². The van der Waals surface area contributed by atoms with Crippen molar-refractivity contribution in [1.29, 1.82) is 5.26 Å². The number of nitriles is 1. The predicted octanol–water partition coefficient (Wildman–Crippen LogP) is 3.44. The first kappa shape index (κ1) is 16.1. The van der Waals surface area contributed by atoms with E-state index in [-0.39, 0.29) is 5.75 Å². The number of aromatic nitrogens is 2. The number of anilines is 1. The molecule has 3 rings (SSSR count). The average molecular weight is 330 g/mol. The highest BCUT2D eigenvalue weighted by molar-refractivity contribution is 5.54. The van der Waals surface area contributed by atoms with E-state index in [0.717, 1.165) is 36.9 Å². The van der Waals surface area contributed by atoms with Crippen molar-refractivity contribution in [3.63, 3.8) is 0 Å². The highest BCUT2D eigenvalue weighted by Crippen LogP contribution is 2.24. The standard InChI is InChI=1S/C17H16F2N4O/c18-17(19)24-14-6-5-13(21-10-14)9-22-16-12(8-20)7-11-3-1-2-4-15(11)23-16/h5-7,10,17H,1-4,9H2,(H,22,23). The molecular weight excluding hydrogens is 314 g/mol. The summed E-state index contributed by atoms with van der Waals surface area (Å²) in [6.45, 7) is -2.52. The summed E-state index contributed by atoms with van der Waals surface area (Å²) in [5, 5.41) is 12.4. The fourth-order valence-corrected chi connectivity index (χ4v) is 2.72. The predicted molar refractivity (Wildman–Crippen MR) is 83.8 cm³/mol. The van der Waals surface area contributed by atoms with Gasteiger partial charge in [-0.1, -0.05) is 0 Å². The molecular formula is C17H16F2N4O. The Morgan fingerprint density at radius 3 is 2.83 bits per heavy atom. The Labute approximate surface area is 138 Å². The molecule has 0 radical (unpaired) electrons. The molecule has 0 saturated carbocycles. The third-order valence-corrected chi connectivity index (χ3v) is 3.88. The molecule has 124 valence electrons. The van der Waals surface area contributed by atoms with E-state index >= 15 is 0 Å². The number of pyridine rings is 2. The van der Waals surface area contributed by atoms with Crippen LogP contribution in [0.15, 0.2) is 24.4 Å². The second-order valence-corrected chi connectivity index (χ2v) is 5.53. The van der Waals surface area contributed by atoms with Crippen molar-refractivity contribution in [1.82, 2.24) is 9.97 Å². The lowest BCUT2D eigenvalue weighted by atomic mass is 9.95. The zero-order valence-electron chi connectivity index (χ0n) is 12.9. The molecule has 7 heteroatoms. The normalized spacial score (nSPS) is 13.2. The lowest BCUT2D eigenvalue weighted by Crippen LogP contribution is -2.11. The summed E-state index contributed by atoms with van der Waals surface area (Å²) >= 11 is 0. The summed E-state index contributed by atoms with van der Waals surface area (Å²) in [7, 11) is 0. The molecule has 2 aromatic rings. The van der Waals surface area contributed by atoms with E-state index < -0.39 is 6.61 Å². The van der Waals surface area contributed by atoms with Gasteiger partial charge in [0, 0.05) is 5.69 Å².